The summed E-state index contributed by atoms with van der Waals surface area (Å²) in [6.07, 6.45) is 2.29. The van der Waals surface area contributed by atoms with Crippen molar-refractivity contribution in [3.8, 4) is 0 Å². The van der Waals surface area contributed by atoms with Crippen molar-refractivity contribution in [2.45, 2.75) is 19.5 Å². The van der Waals surface area contributed by atoms with E-state index in [0.717, 1.165) is 13.1 Å². The monoisotopic (exact) mass is 186 g/mol. The minimum Gasteiger partial charge on any atom is -0.347 e. The first-order chi connectivity index (χ1) is 6.90. The van der Waals surface area contributed by atoms with Gasteiger partial charge in [0.15, 0.2) is 0 Å². The predicted octanol–water partition coefficient (Wildman–Crippen LogP) is 2.31. The fourth-order valence-corrected chi connectivity index (χ4v) is 2.09. The molecule has 1 N–H and O–H groups in total. The van der Waals surface area contributed by atoms with Gasteiger partial charge in [0.25, 0.3) is 0 Å². The summed E-state index contributed by atoms with van der Waals surface area (Å²) in [5.74, 6) is 0. The van der Waals surface area contributed by atoms with Crippen molar-refractivity contribution in [3.05, 3.63) is 36.0 Å². The highest BCUT2D eigenvalue weighted by atomic mass is 15.1. The number of aryl methyl sites for hydroxylation is 1. The summed E-state index contributed by atoms with van der Waals surface area (Å²) in [5, 5.41) is 4.77. The van der Waals surface area contributed by atoms with Gasteiger partial charge in [-0.2, -0.15) is 0 Å². The average molecular weight is 186 g/mol. The van der Waals surface area contributed by atoms with Crippen molar-refractivity contribution in [1.29, 1.82) is 0 Å². The van der Waals surface area contributed by atoms with E-state index in [0.29, 0.717) is 6.04 Å². The van der Waals surface area contributed by atoms with Crippen LogP contribution in [0.1, 0.15) is 18.5 Å². The Kier molecular flexibility index (Phi) is 1.64. The Morgan fingerprint density at radius 1 is 1.43 bits per heavy atom. The van der Waals surface area contributed by atoms with Crippen LogP contribution in [0.5, 0.6) is 0 Å². The van der Waals surface area contributed by atoms with Crippen molar-refractivity contribution >= 4 is 10.9 Å². The van der Waals surface area contributed by atoms with Gasteiger partial charge in [0.2, 0.25) is 0 Å². The quantitative estimate of drug-likeness (QED) is 0.716. The van der Waals surface area contributed by atoms with Crippen LogP contribution in [0.25, 0.3) is 10.9 Å². The molecule has 72 valence electrons. The van der Waals surface area contributed by atoms with Gasteiger partial charge in [0, 0.05) is 36.2 Å². The molecule has 2 heteroatoms. The van der Waals surface area contributed by atoms with Crippen LogP contribution in [0.15, 0.2) is 30.5 Å². The molecule has 1 fully saturated rings. The standard InChI is InChI=1S/C12H14N2/c1-2-14-8-10(11-7-13-11)9-5-3-4-6-12(9)14/h3-6,8,11,13H,2,7H2,1H3/t11-/m1/s1. The first kappa shape index (κ1) is 8.06. The number of nitrogens with zero attached hydrogens (tertiary/aromatic N) is 1. The maximum absolute atomic E-state index is 3.37. The van der Waals surface area contributed by atoms with Gasteiger partial charge in [-0.1, -0.05) is 18.2 Å². The number of nitrogens with one attached hydrogen (secondary N) is 1. The summed E-state index contributed by atoms with van der Waals surface area (Å²) >= 11 is 0. The summed E-state index contributed by atoms with van der Waals surface area (Å²) in [6, 6.07) is 9.25. The van der Waals surface area contributed by atoms with Gasteiger partial charge in [0.05, 0.1) is 0 Å². The zero-order valence-electron chi connectivity index (χ0n) is 8.33. The van der Waals surface area contributed by atoms with Crippen molar-refractivity contribution in [1.82, 2.24) is 9.88 Å². The first-order valence-corrected chi connectivity index (χ1v) is 5.21. The third kappa shape index (κ3) is 1.07. The van der Waals surface area contributed by atoms with Crippen molar-refractivity contribution < 1.29 is 0 Å². The van der Waals surface area contributed by atoms with Crippen LogP contribution in [-0.2, 0) is 6.54 Å². The average Bonchev–Trinajstić information content (AvgIpc) is 3.00. The zero-order chi connectivity index (χ0) is 9.54. The van der Waals surface area contributed by atoms with E-state index in [4.69, 9.17) is 0 Å². The Morgan fingerprint density at radius 3 is 2.93 bits per heavy atom. The van der Waals surface area contributed by atoms with Crippen molar-refractivity contribution in [2.24, 2.45) is 0 Å². The number of rotatable bonds is 2. The summed E-state index contributed by atoms with van der Waals surface area (Å²) in [7, 11) is 0. The number of hydrogen-bond donors (Lipinski definition) is 1. The number of fused-ring (bicyclic) bond motifs is 1. The third-order valence-electron chi connectivity index (χ3n) is 2.94. The van der Waals surface area contributed by atoms with Gasteiger partial charge in [-0.15, -0.1) is 0 Å². The highest BCUT2D eigenvalue weighted by Crippen LogP contribution is 2.30. The second-order valence-corrected chi connectivity index (χ2v) is 3.85. The van der Waals surface area contributed by atoms with Gasteiger partial charge in [-0.3, -0.25) is 0 Å². The number of para-hydroxylation sites is 1. The fourth-order valence-electron chi connectivity index (χ4n) is 2.09. The molecule has 3 rings (SSSR count). The predicted molar refractivity (Wildman–Crippen MR) is 58.4 cm³/mol. The van der Waals surface area contributed by atoms with E-state index in [9.17, 15) is 0 Å². The molecule has 0 spiro atoms. The van der Waals surface area contributed by atoms with E-state index in [2.05, 4.69) is 47.3 Å². The Labute approximate surface area is 83.5 Å². The highest BCUT2D eigenvalue weighted by molar-refractivity contribution is 5.84. The summed E-state index contributed by atoms with van der Waals surface area (Å²) in [6.45, 7) is 4.38. The molecule has 0 radical (unpaired) electrons. The molecule has 0 unspecified atom stereocenters. The molecule has 14 heavy (non-hydrogen) atoms. The van der Waals surface area contributed by atoms with Gasteiger partial charge in [-0.25, -0.2) is 0 Å². The van der Waals surface area contributed by atoms with E-state index in [-0.39, 0.29) is 0 Å². The Balaban J connectivity index is 2.28. The molecular weight excluding hydrogens is 172 g/mol. The maximum Gasteiger partial charge on any atom is 0.0483 e. The van der Waals surface area contributed by atoms with E-state index in [1.54, 1.807) is 0 Å². The number of aromatic nitrogens is 1. The Hall–Kier alpha value is -1.28. The van der Waals surface area contributed by atoms with Gasteiger partial charge < -0.3 is 9.88 Å². The van der Waals surface area contributed by atoms with E-state index in [1.807, 2.05) is 0 Å². The first-order valence-electron chi connectivity index (χ1n) is 5.21. The normalized spacial score (nSPS) is 20.2. The lowest BCUT2D eigenvalue weighted by molar-refractivity contribution is 0.792. The number of hydrogen-bond acceptors (Lipinski definition) is 1. The second kappa shape index (κ2) is 2.85. The van der Waals surface area contributed by atoms with Gasteiger partial charge in [-0.05, 0) is 18.6 Å². The molecule has 2 aromatic rings. The van der Waals surface area contributed by atoms with Crippen LogP contribution in [0.4, 0.5) is 0 Å². The summed E-state index contributed by atoms with van der Waals surface area (Å²) < 4.78 is 2.32. The molecule has 0 amide bonds. The molecule has 0 saturated carbocycles. The molecular formula is C12H14N2. The fraction of sp³-hybridized carbons (Fsp3) is 0.333. The Bertz CT molecular complexity index is 466. The van der Waals surface area contributed by atoms with Crippen LogP contribution >= 0.6 is 0 Å². The molecule has 0 bridgehead atoms. The van der Waals surface area contributed by atoms with Crippen LogP contribution in [0, 0.1) is 0 Å². The van der Waals surface area contributed by atoms with Gasteiger partial charge >= 0.3 is 0 Å². The van der Waals surface area contributed by atoms with Crippen molar-refractivity contribution in [2.75, 3.05) is 6.54 Å². The number of benzene rings is 1. The topological polar surface area (TPSA) is 26.9 Å². The minimum atomic E-state index is 0.604. The molecule has 2 nitrogen and oxygen atoms in total. The van der Waals surface area contributed by atoms with Crippen molar-refractivity contribution in [3.63, 3.8) is 0 Å². The van der Waals surface area contributed by atoms with E-state index in [1.165, 1.54) is 16.5 Å². The minimum absolute atomic E-state index is 0.604. The molecule has 1 aromatic heterocycles. The largest absolute Gasteiger partial charge is 0.347 e. The van der Waals surface area contributed by atoms with Crippen LogP contribution in [-0.4, -0.2) is 11.1 Å². The lowest BCUT2D eigenvalue weighted by Crippen LogP contribution is -1.89. The van der Waals surface area contributed by atoms with Crippen LogP contribution < -0.4 is 5.32 Å². The second-order valence-electron chi connectivity index (χ2n) is 3.85. The molecule has 1 atom stereocenters. The lowest BCUT2D eigenvalue weighted by atomic mass is 10.1. The molecule has 1 aliphatic heterocycles. The zero-order valence-corrected chi connectivity index (χ0v) is 8.33. The lowest BCUT2D eigenvalue weighted by Gasteiger charge is -1.98. The van der Waals surface area contributed by atoms with E-state index < -0.39 is 0 Å². The maximum atomic E-state index is 3.37. The smallest absolute Gasteiger partial charge is 0.0483 e. The molecule has 1 aliphatic rings. The Morgan fingerprint density at radius 2 is 2.21 bits per heavy atom. The molecule has 0 aliphatic carbocycles. The molecule has 1 aromatic carbocycles. The van der Waals surface area contributed by atoms with Crippen LogP contribution in [0.2, 0.25) is 0 Å². The third-order valence-corrected chi connectivity index (χ3v) is 2.94. The summed E-state index contributed by atoms with van der Waals surface area (Å²) in [5.41, 5.74) is 2.82. The SMILES string of the molecule is CCn1cc([C@H]2CN2)c2ccccc21. The summed E-state index contributed by atoms with van der Waals surface area (Å²) in [4.78, 5) is 0. The molecule has 1 saturated heterocycles. The van der Waals surface area contributed by atoms with E-state index >= 15 is 0 Å². The van der Waals surface area contributed by atoms with Gasteiger partial charge in [0.1, 0.15) is 0 Å². The highest BCUT2D eigenvalue weighted by Gasteiger charge is 2.25. The van der Waals surface area contributed by atoms with Crippen LogP contribution in [0.3, 0.4) is 0 Å². The molecule has 2 heterocycles.